The Labute approximate surface area is 148 Å². The molecule has 5 heteroatoms. The number of benzene rings is 2. The lowest BCUT2D eigenvalue weighted by Gasteiger charge is -2.09. The normalized spacial score (nSPS) is 10.5. The number of rotatable bonds is 8. The molecule has 0 fully saturated rings. The first-order valence-corrected chi connectivity index (χ1v) is 7.97. The van der Waals surface area contributed by atoms with Crippen molar-refractivity contribution >= 4 is 12.0 Å². The van der Waals surface area contributed by atoms with E-state index in [0.717, 1.165) is 16.9 Å². The van der Waals surface area contributed by atoms with Crippen LogP contribution in [0.2, 0.25) is 0 Å². The SMILES string of the molecule is COc1ccccc1/C=C/C(=O)NCCc1ccc(OC)c(OC)c1. The zero-order valence-corrected chi connectivity index (χ0v) is 14.7. The molecule has 0 atom stereocenters. The van der Waals surface area contributed by atoms with Crippen molar-refractivity contribution in [1.29, 1.82) is 0 Å². The highest BCUT2D eigenvalue weighted by atomic mass is 16.5. The summed E-state index contributed by atoms with van der Waals surface area (Å²) in [7, 11) is 4.81. The Morgan fingerprint density at radius 1 is 0.960 bits per heavy atom. The molecule has 0 aliphatic carbocycles. The first-order chi connectivity index (χ1) is 12.2. The van der Waals surface area contributed by atoms with Gasteiger partial charge in [0.2, 0.25) is 5.91 Å². The number of methoxy groups -OCH3 is 3. The molecule has 1 amide bonds. The first kappa shape index (κ1) is 18.4. The van der Waals surface area contributed by atoms with E-state index in [0.29, 0.717) is 24.5 Å². The summed E-state index contributed by atoms with van der Waals surface area (Å²) in [4.78, 5) is 11.9. The highest BCUT2D eigenvalue weighted by Crippen LogP contribution is 2.27. The lowest BCUT2D eigenvalue weighted by molar-refractivity contribution is -0.116. The molecule has 0 aliphatic rings. The fraction of sp³-hybridized carbons (Fsp3) is 0.250. The Morgan fingerprint density at radius 3 is 2.40 bits per heavy atom. The van der Waals surface area contributed by atoms with Gasteiger partial charge in [-0.25, -0.2) is 0 Å². The fourth-order valence-electron chi connectivity index (χ4n) is 2.39. The van der Waals surface area contributed by atoms with Crippen molar-refractivity contribution in [2.45, 2.75) is 6.42 Å². The van der Waals surface area contributed by atoms with Gasteiger partial charge in [-0.15, -0.1) is 0 Å². The number of hydrogen-bond acceptors (Lipinski definition) is 4. The minimum Gasteiger partial charge on any atom is -0.496 e. The van der Waals surface area contributed by atoms with Gasteiger partial charge in [0.05, 0.1) is 21.3 Å². The largest absolute Gasteiger partial charge is 0.496 e. The number of ether oxygens (including phenoxy) is 3. The molecular formula is C20H23NO4. The molecule has 0 heterocycles. The number of para-hydroxylation sites is 1. The van der Waals surface area contributed by atoms with Crippen LogP contribution in [0.25, 0.3) is 6.08 Å². The first-order valence-electron chi connectivity index (χ1n) is 7.97. The number of amides is 1. The molecule has 0 aromatic heterocycles. The molecule has 2 rings (SSSR count). The van der Waals surface area contributed by atoms with E-state index < -0.39 is 0 Å². The Kier molecular flexibility index (Phi) is 6.89. The quantitative estimate of drug-likeness (QED) is 0.750. The molecule has 0 spiro atoms. The summed E-state index contributed by atoms with van der Waals surface area (Å²) in [6.07, 6.45) is 3.95. The maximum Gasteiger partial charge on any atom is 0.244 e. The van der Waals surface area contributed by atoms with Crippen LogP contribution in [0, 0.1) is 0 Å². The van der Waals surface area contributed by atoms with Crippen molar-refractivity contribution < 1.29 is 19.0 Å². The van der Waals surface area contributed by atoms with E-state index in [1.807, 2.05) is 42.5 Å². The number of hydrogen-bond donors (Lipinski definition) is 1. The van der Waals surface area contributed by atoms with Gasteiger partial charge in [-0.2, -0.15) is 0 Å². The van der Waals surface area contributed by atoms with E-state index in [-0.39, 0.29) is 5.91 Å². The van der Waals surface area contributed by atoms with E-state index in [2.05, 4.69) is 5.32 Å². The van der Waals surface area contributed by atoms with Crippen LogP contribution in [-0.4, -0.2) is 33.8 Å². The van der Waals surface area contributed by atoms with Gasteiger partial charge in [-0.05, 0) is 36.3 Å². The molecule has 0 saturated carbocycles. The van der Waals surface area contributed by atoms with Crippen molar-refractivity contribution in [3.05, 3.63) is 59.7 Å². The number of nitrogens with one attached hydrogen (secondary N) is 1. The van der Waals surface area contributed by atoms with E-state index in [9.17, 15) is 4.79 Å². The van der Waals surface area contributed by atoms with Crippen molar-refractivity contribution in [1.82, 2.24) is 5.32 Å². The summed E-state index contributed by atoms with van der Waals surface area (Å²) in [6.45, 7) is 0.532. The zero-order chi connectivity index (χ0) is 18.1. The molecule has 0 saturated heterocycles. The van der Waals surface area contributed by atoms with Crippen molar-refractivity contribution in [3.63, 3.8) is 0 Å². The number of carbonyl (C=O) groups is 1. The minimum atomic E-state index is -0.147. The van der Waals surface area contributed by atoms with E-state index in [4.69, 9.17) is 14.2 Å². The van der Waals surface area contributed by atoms with Crippen LogP contribution in [-0.2, 0) is 11.2 Å². The summed E-state index contributed by atoms with van der Waals surface area (Å²) in [5.74, 6) is 1.96. The molecule has 2 aromatic rings. The summed E-state index contributed by atoms with van der Waals surface area (Å²) >= 11 is 0. The average Bonchev–Trinajstić information content (AvgIpc) is 2.66. The van der Waals surface area contributed by atoms with E-state index >= 15 is 0 Å². The van der Waals surface area contributed by atoms with Gasteiger partial charge in [0.1, 0.15) is 5.75 Å². The summed E-state index contributed by atoms with van der Waals surface area (Å²) in [5, 5.41) is 2.87. The monoisotopic (exact) mass is 341 g/mol. The predicted molar refractivity (Wildman–Crippen MR) is 98.3 cm³/mol. The third kappa shape index (κ3) is 5.28. The molecule has 25 heavy (non-hydrogen) atoms. The Bertz CT molecular complexity index is 740. The van der Waals surface area contributed by atoms with Crippen LogP contribution < -0.4 is 19.5 Å². The van der Waals surface area contributed by atoms with Gasteiger partial charge in [0, 0.05) is 18.2 Å². The van der Waals surface area contributed by atoms with Gasteiger partial charge < -0.3 is 19.5 Å². The Hall–Kier alpha value is -2.95. The van der Waals surface area contributed by atoms with Crippen LogP contribution in [0.5, 0.6) is 17.2 Å². The summed E-state index contributed by atoms with van der Waals surface area (Å²) in [6, 6.07) is 13.3. The Balaban J connectivity index is 1.87. The van der Waals surface area contributed by atoms with Gasteiger partial charge >= 0.3 is 0 Å². The number of carbonyl (C=O) groups excluding carboxylic acids is 1. The molecule has 0 radical (unpaired) electrons. The van der Waals surface area contributed by atoms with Crippen LogP contribution in [0.3, 0.4) is 0 Å². The van der Waals surface area contributed by atoms with E-state index in [1.165, 1.54) is 6.08 Å². The van der Waals surface area contributed by atoms with Gasteiger partial charge in [-0.3, -0.25) is 4.79 Å². The fourth-order valence-corrected chi connectivity index (χ4v) is 2.39. The second-order valence-corrected chi connectivity index (χ2v) is 5.31. The molecule has 0 unspecified atom stereocenters. The molecular weight excluding hydrogens is 318 g/mol. The molecule has 2 aromatic carbocycles. The molecule has 1 N–H and O–H groups in total. The lowest BCUT2D eigenvalue weighted by atomic mass is 10.1. The minimum absolute atomic E-state index is 0.147. The third-order valence-electron chi connectivity index (χ3n) is 3.71. The van der Waals surface area contributed by atoms with Gasteiger partial charge in [0.25, 0.3) is 0 Å². The predicted octanol–water partition coefficient (Wildman–Crippen LogP) is 3.08. The van der Waals surface area contributed by atoms with Crippen LogP contribution >= 0.6 is 0 Å². The summed E-state index contributed by atoms with van der Waals surface area (Å²) < 4.78 is 15.7. The van der Waals surface area contributed by atoms with Gasteiger partial charge in [-0.1, -0.05) is 24.3 Å². The van der Waals surface area contributed by atoms with Gasteiger partial charge in [0.15, 0.2) is 11.5 Å². The Morgan fingerprint density at radius 2 is 1.68 bits per heavy atom. The molecule has 5 nitrogen and oxygen atoms in total. The zero-order valence-electron chi connectivity index (χ0n) is 14.7. The standard InChI is InChI=1S/C20H23NO4/c1-23-17-7-5-4-6-16(17)9-11-20(22)21-13-12-15-8-10-18(24-2)19(14-15)25-3/h4-11,14H,12-13H2,1-3H3,(H,21,22)/b11-9+. The van der Waals surface area contributed by atoms with Crippen molar-refractivity contribution in [3.8, 4) is 17.2 Å². The molecule has 0 bridgehead atoms. The average molecular weight is 341 g/mol. The smallest absolute Gasteiger partial charge is 0.244 e. The maximum absolute atomic E-state index is 11.9. The van der Waals surface area contributed by atoms with Crippen molar-refractivity contribution in [2.24, 2.45) is 0 Å². The van der Waals surface area contributed by atoms with Crippen molar-refractivity contribution in [2.75, 3.05) is 27.9 Å². The van der Waals surface area contributed by atoms with Crippen LogP contribution in [0.1, 0.15) is 11.1 Å². The van der Waals surface area contributed by atoms with Crippen LogP contribution in [0.4, 0.5) is 0 Å². The summed E-state index contributed by atoms with van der Waals surface area (Å²) in [5.41, 5.74) is 1.92. The third-order valence-corrected chi connectivity index (χ3v) is 3.71. The maximum atomic E-state index is 11.9. The molecule has 132 valence electrons. The van der Waals surface area contributed by atoms with Crippen LogP contribution in [0.15, 0.2) is 48.5 Å². The highest BCUT2D eigenvalue weighted by Gasteiger charge is 2.05. The lowest BCUT2D eigenvalue weighted by Crippen LogP contribution is -2.23. The molecule has 0 aliphatic heterocycles. The second-order valence-electron chi connectivity index (χ2n) is 5.31. The topological polar surface area (TPSA) is 56.8 Å². The second kappa shape index (κ2) is 9.37. The highest BCUT2D eigenvalue weighted by molar-refractivity contribution is 5.92. The van der Waals surface area contributed by atoms with E-state index in [1.54, 1.807) is 27.4 Å².